The Morgan fingerprint density at radius 2 is 1.50 bits per heavy atom. The van der Waals surface area contributed by atoms with Crippen molar-refractivity contribution in [1.82, 2.24) is 4.98 Å². The third-order valence-electron chi connectivity index (χ3n) is 5.81. The molecule has 5 N–H and O–H groups in total. The summed E-state index contributed by atoms with van der Waals surface area (Å²) in [6.07, 6.45) is 0. The zero-order valence-electron chi connectivity index (χ0n) is 17.8. The van der Waals surface area contributed by atoms with Crippen LogP contribution >= 0.6 is 0 Å². The van der Waals surface area contributed by atoms with Gasteiger partial charge < -0.3 is 10.8 Å². The number of nitrogen functional groups attached to an aromatic ring is 1. The van der Waals surface area contributed by atoms with Gasteiger partial charge in [-0.1, -0.05) is 36.4 Å². The lowest BCUT2D eigenvalue weighted by atomic mass is 9.97. The average Bonchev–Trinajstić information content (AvgIpc) is 2.81. The van der Waals surface area contributed by atoms with E-state index in [2.05, 4.69) is 4.98 Å². The molecule has 1 aliphatic heterocycles. The maximum Gasteiger partial charge on any atom is 0.296 e. The highest BCUT2D eigenvalue weighted by Crippen LogP contribution is 2.28. The highest BCUT2D eigenvalue weighted by Gasteiger charge is 2.24. The molecular formula is C23H14N2O9S2. The number of rotatable bonds is 3. The van der Waals surface area contributed by atoms with E-state index in [1.54, 1.807) is 12.1 Å². The van der Waals surface area contributed by atoms with Gasteiger partial charge in [0.25, 0.3) is 25.8 Å². The van der Waals surface area contributed by atoms with Crippen LogP contribution in [-0.4, -0.2) is 36.0 Å². The van der Waals surface area contributed by atoms with Crippen molar-refractivity contribution in [3.63, 3.8) is 0 Å². The lowest BCUT2D eigenvalue weighted by molar-refractivity contribution is 0.481. The molecule has 182 valence electrons. The largest absolute Gasteiger partial charge is 0.506 e. The highest BCUT2D eigenvalue weighted by molar-refractivity contribution is 7.86. The predicted molar refractivity (Wildman–Crippen MR) is 129 cm³/mol. The van der Waals surface area contributed by atoms with Crippen LogP contribution in [0.25, 0.3) is 27.4 Å². The monoisotopic (exact) mass is 526 g/mol. The summed E-state index contributed by atoms with van der Waals surface area (Å²) in [5, 5.41) is 10.5. The molecule has 1 heterocycles. The van der Waals surface area contributed by atoms with Gasteiger partial charge in [0.05, 0.1) is 21.0 Å². The normalized spacial score (nSPS) is 13.5. The van der Waals surface area contributed by atoms with Crippen molar-refractivity contribution in [3.8, 4) is 0 Å². The van der Waals surface area contributed by atoms with Crippen molar-refractivity contribution in [3.05, 3.63) is 96.4 Å². The topological polar surface area (TPSA) is 202 Å². The number of nitrogens with zero attached hydrogens (tertiary/aromatic N) is 1. The molecule has 36 heavy (non-hydrogen) atoms. The van der Waals surface area contributed by atoms with Gasteiger partial charge in [-0.05, 0) is 23.6 Å². The van der Waals surface area contributed by atoms with Crippen molar-refractivity contribution in [2.75, 3.05) is 5.73 Å². The average molecular weight is 527 g/mol. The van der Waals surface area contributed by atoms with Gasteiger partial charge in [0.15, 0.2) is 5.43 Å². The molecule has 3 aromatic carbocycles. The van der Waals surface area contributed by atoms with Gasteiger partial charge in [-0.3, -0.25) is 18.7 Å². The van der Waals surface area contributed by atoms with Crippen LogP contribution in [0.5, 0.6) is 0 Å². The molecule has 0 aromatic heterocycles. The van der Waals surface area contributed by atoms with E-state index in [9.17, 15) is 40.6 Å². The summed E-state index contributed by atoms with van der Waals surface area (Å²) >= 11 is 0. The van der Waals surface area contributed by atoms with E-state index in [0.29, 0.717) is 0 Å². The van der Waals surface area contributed by atoms with Crippen LogP contribution < -0.4 is 21.9 Å². The number of nitrogens with two attached hydrogens (primary N) is 1. The maximum absolute atomic E-state index is 13.3. The lowest BCUT2D eigenvalue weighted by Gasteiger charge is -2.11. The predicted octanol–water partition coefficient (Wildman–Crippen LogP) is 0.780. The molecule has 0 atom stereocenters. The van der Waals surface area contributed by atoms with Gasteiger partial charge in [-0.15, -0.1) is 0 Å². The van der Waals surface area contributed by atoms with Crippen molar-refractivity contribution < 1.29 is 31.0 Å². The number of hydrogen-bond acceptors (Lipinski definition) is 9. The quantitative estimate of drug-likeness (QED) is 0.191. The van der Waals surface area contributed by atoms with Gasteiger partial charge >= 0.3 is 0 Å². The number of anilines is 1. The number of hydrogen-bond donors (Lipinski definition) is 4. The van der Waals surface area contributed by atoms with E-state index in [4.69, 9.17) is 5.73 Å². The molecule has 2 aliphatic rings. The molecule has 3 aromatic rings. The molecule has 0 saturated heterocycles. The second-order valence-electron chi connectivity index (χ2n) is 7.93. The first-order valence-electron chi connectivity index (χ1n) is 10.0. The molecule has 0 bridgehead atoms. The summed E-state index contributed by atoms with van der Waals surface area (Å²) in [6.45, 7) is 0. The summed E-state index contributed by atoms with van der Waals surface area (Å²) in [4.78, 5) is 29.0. The van der Waals surface area contributed by atoms with Crippen molar-refractivity contribution in [2.45, 2.75) is 9.79 Å². The lowest BCUT2D eigenvalue weighted by Crippen LogP contribution is -2.33. The zero-order chi connectivity index (χ0) is 26.2. The molecule has 5 rings (SSSR count). The summed E-state index contributed by atoms with van der Waals surface area (Å²) in [5.74, 6) is -0.749. The first-order valence-corrected chi connectivity index (χ1v) is 12.9. The van der Waals surface area contributed by atoms with E-state index in [0.717, 1.165) is 18.2 Å². The molecule has 0 spiro atoms. The standard InChI is InChI=1S/C23H14N2O9S2/c24-14-9-15(36(32,33)34)20-18-16(12-6-1-2-7-13(12)22(27)17(14)18)19(23(28)25-20)21(26)10-4-3-5-11(8-10)35(29,30)31/h1-9,26H,24H2,(H,29,30,31)(H,32,33,34). The molecule has 0 saturated carbocycles. The van der Waals surface area contributed by atoms with Gasteiger partial charge in [-0.25, -0.2) is 4.98 Å². The van der Waals surface area contributed by atoms with Gasteiger partial charge in [0, 0.05) is 27.1 Å². The van der Waals surface area contributed by atoms with E-state index < -0.39 is 57.5 Å². The fourth-order valence-electron chi connectivity index (χ4n) is 4.32. The fraction of sp³-hybridized carbons (Fsp3) is 0. The van der Waals surface area contributed by atoms with Crippen LogP contribution in [-0.2, 0) is 20.2 Å². The SMILES string of the molecule is Nc1cc(S(=O)(=O)O)c2nc(=O)c(=C(O)c3cccc(S(=O)(=O)O)c3)c3c4ccccc4c(=O)c1c2=3. The van der Waals surface area contributed by atoms with Crippen LogP contribution in [0.1, 0.15) is 5.56 Å². The van der Waals surface area contributed by atoms with Crippen LogP contribution in [0.4, 0.5) is 5.69 Å². The summed E-state index contributed by atoms with van der Waals surface area (Å²) in [6, 6.07) is 11.3. The van der Waals surface area contributed by atoms with Crippen LogP contribution in [0.2, 0.25) is 0 Å². The Morgan fingerprint density at radius 1 is 0.833 bits per heavy atom. The van der Waals surface area contributed by atoms with E-state index in [-0.39, 0.29) is 37.8 Å². The maximum atomic E-state index is 13.3. The summed E-state index contributed by atoms with van der Waals surface area (Å²) in [7, 11) is -9.60. The molecule has 13 heteroatoms. The van der Waals surface area contributed by atoms with Crippen LogP contribution in [0.15, 0.2) is 74.0 Å². The Bertz CT molecular complexity index is 2220. The summed E-state index contributed by atoms with van der Waals surface area (Å²) < 4.78 is 66.5. The van der Waals surface area contributed by atoms with Crippen molar-refractivity contribution >= 4 is 53.4 Å². The minimum atomic E-state index is -4.94. The molecule has 1 aliphatic carbocycles. The summed E-state index contributed by atoms with van der Waals surface area (Å²) in [5.41, 5.74) is 3.28. The van der Waals surface area contributed by atoms with E-state index >= 15 is 0 Å². The number of aliphatic hydroxyl groups excluding tert-OH is 1. The Labute approximate surface area is 201 Å². The molecule has 0 unspecified atom stereocenters. The third-order valence-corrected chi connectivity index (χ3v) is 7.53. The number of aromatic nitrogens is 1. The van der Waals surface area contributed by atoms with E-state index in [1.807, 2.05) is 0 Å². The molecular weight excluding hydrogens is 512 g/mol. The molecule has 0 amide bonds. The minimum Gasteiger partial charge on any atom is -0.506 e. The first-order chi connectivity index (χ1) is 16.8. The Morgan fingerprint density at radius 3 is 2.14 bits per heavy atom. The number of aliphatic hydroxyl groups is 1. The first kappa shape index (κ1) is 23.6. The number of benzene rings is 3. The molecule has 0 radical (unpaired) electrons. The van der Waals surface area contributed by atoms with Gasteiger partial charge in [0.1, 0.15) is 10.7 Å². The van der Waals surface area contributed by atoms with E-state index in [1.165, 1.54) is 24.3 Å². The Kier molecular flexibility index (Phi) is 5.02. The number of fused-ring (bicyclic) bond motifs is 2. The smallest absolute Gasteiger partial charge is 0.296 e. The Hall–Kier alpha value is -4.17. The second-order valence-corrected chi connectivity index (χ2v) is 10.7. The van der Waals surface area contributed by atoms with Crippen molar-refractivity contribution in [2.24, 2.45) is 0 Å². The zero-order valence-corrected chi connectivity index (χ0v) is 19.5. The molecule has 11 nitrogen and oxygen atoms in total. The molecule has 0 fully saturated rings. The Balaban J connectivity index is 2.21. The van der Waals surface area contributed by atoms with Crippen molar-refractivity contribution in [1.29, 1.82) is 0 Å². The van der Waals surface area contributed by atoms with Crippen LogP contribution in [0.3, 0.4) is 0 Å². The van der Waals surface area contributed by atoms with Gasteiger partial charge in [0.2, 0.25) is 0 Å². The van der Waals surface area contributed by atoms with Crippen LogP contribution in [0, 0.1) is 10.4 Å². The third kappa shape index (κ3) is 3.45. The highest BCUT2D eigenvalue weighted by atomic mass is 32.2. The fourth-order valence-corrected chi connectivity index (χ4v) is 5.52. The van der Waals surface area contributed by atoms with Gasteiger partial charge in [-0.2, -0.15) is 16.8 Å². The second kappa shape index (κ2) is 7.66. The minimum absolute atomic E-state index is 0.0813.